The van der Waals surface area contributed by atoms with Gasteiger partial charge in [0.1, 0.15) is 6.54 Å². The number of urea groups is 1. The van der Waals surface area contributed by atoms with Gasteiger partial charge in [-0.3, -0.25) is 9.80 Å². The number of carbonyl (C=O) groups is 3. The highest BCUT2D eigenvalue weighted by atomic mass is 32.1. The summed E-state index contributed by atoms with van der Waals surface area (Å²) in [5.41, 5.74) is 0.817. The predicted molar refractivity (Wildman–Crippen MR) is 107 cm³/mol. The second-order valence-electron chi connectivity index (χ2n) is 5.79. The lowest BCUT2D eigenvalue weighted by Gasteiger charge is -2.30. The maximum atomic E-state index is 12.7. The lowest BCUT2D eigenvalue weighted by Crippen LogP contribution is -2.51. The summed E-state index contributed by atoms with van der Waals surface area (Å²) in [6, 6.07) is 6.12. The minimum absolute atomic E-state index is 0.0692. The summed E-state index contributed by atoms with van der Waals surface area (Å²) >= 11 is 5.29. The zero-order valence-corrected chi connectivity index (χ0v) is 16.7. The third-order valence-electron chi connectivity index (χ3n) is 3.81. The summed E-state index contributed by atoms with van der Waals surface area (Å²) < 4.78 is 9.81. The number of benzene rings is 1. The molecule has 0 radical (unpaired) electrons. The molecule has 2 rings (SSSR count). The van der Waals surface area contributed by atoms with Crippen LogP contribution in [0.15, 0.2) is 24.3 Å². The number of hydrogen-bond donors (Lipinski definition) is 2. The van der Waals surface area contributed by atoms with Crippen molar-refractivity contribution in [1.82, 2.24) is 15.3 Å². The van der Waals surface area contributed by atoms with Crippen LogP contribution in [-0.4, -0.2) is 65.9 Å². The Labute approximate surface area is 168 Å². The van der Waals surface area contributed by atoms with Crippen molar-refractivity contribution >= 4 is 41.0 Å². The Bertz CT molecular complexity index is 742. The number of anilines is 1. The van der Waals surface area contributed by atoms with Crippen LogP contribution < -0.4 is 10.6 Å². The number of rotatable bonds is 6. The molecule has 0 bridgehead atoms. The van der Waals surface area contributed by atoms with Crippen LogP contribution in [0.3, 0.4) is 0 Å². The first kappa shape index (κ1) is 21.4. The monoisotopic (exact) mass is 408 g/mol. The molecule has 0 unspecified atom stereocenters. The van der Waals surface area contributed by atoms with Crippen LogP contribution in [0, 0.1) is 0 Å². The number of nitrogens with one attached hydrogen (secondary N) is 2. The Morgan fingerprint density at radius 1 is 1.11 bits per heavy atom. The molecule has 0 aliphatic carbocycles. The summed E-state index contributed by atoms with van der Waals surface area (Å²) in [6.07, 6.45) is 0.734. The smallest absolute Gasteiger partial charge is 0.340 e. The van der Waals surface area contributed by atoms with Gasteiger partial charge in [0.2, 0.25) is 0 Å². The maximum Gasteiger partial charge on any atom is 0.340 e. The van der Waals surface area contributed by atoms with E-state index in [9.17, 15) is 14.4 Å². The van der Waals surface area contributed by atoms with E-state index in [1.807, 2.05) is 0 Å². The molecule has 0 atom stereocenters. The van der Waals surface area contributed by atoms with E-state index >= 15 is 0 Å². The number of thiocarbonyl (C=S) groups is 1. The van der Waals surface area contributed by atoms with Gasteiger partial charge in [0.25, 0.3) is 0 Å². The van der Waals surface area contributed by atoms with E-state index in [2.05, 4.69) is 10.6 Å². The highest BCUT2D eigenvalue weighted by molar-refractivity contribution is 7.80. The van der Waals surface area contributed by atoms with E-state index < -0.39 is 18.0 Å². The summed E-state index contributed by atoms with van der Waals surface area (Å²) in [4.78, 5) is 36.0. The van der Waals surface area contributed by atoms with E-state index in [-0.39, 0.29) is 24.9 Å². The first-order chi connectivity index (χ1) is 13.5. The number of hydrazine groups is 1. The van der Waals surface area contributed by atoms with Crippen molar-refractivity contribution in [2.45, 2.75) is 20.3 Å². The Kier molecular flexibility index (Phi) is 8.00. The molecule has 1 aromatic carbocycles. The van der Waals surface area contributed by atoms with Gasteiger partial charge in [0.05, 0.1) is 18.8 Å². The van der Waals surface area contributed by atoms with Crippen LogP contribution in [0.5, 0.6) is 0 Å². The van der Waals surface area contributed by atoms with Crippen LogP contribution in [-0.2, 0) is 14.3 Å². The van der Waals surface area contributed by atoms with Crippen molar-refractivity contribution in [3.8, 4) is 0 Å². The van der Waals surface area contributed by atoms with Gasteiger partial charge in [-0.1, -0.05) is 6.07 Å². The van der Waals surface area contributed by atoms with Crippen molar-refractivity contribution in [3.63, 3.8) is 0 Å². The van der Waals surface area contributed by atoms with Gasteiger partial charge >= 0.3 is 18.0 Å². The second-order valence-corrected chi connectivity index (χ2v) is 6.18. The highest BCUT2D eigenvalue weighted by Gasteiger charge is 2.29. The lowest BCUT2D eigenvalue weighted by molar-refractivity contribution is -0.141. The van der Waals surface area contributed by atoms with Gasteiger partial charge in [-0.25, -0.2) is 14.6 Å². The molecule has 0 saturated carbocycles. The van der Waals surface area contributed by atoms with Crippen LogP contribution in [0.4, 0.5) is 10.5 Å². The average molecular weight is 408 g/mol. The quantitative estimate of drug-likeness (QED) is 0.543. The molecule has 2 N–H and O–H groups in total. The molecule has 152 valence electrons. The molecular formula is C18H24N4O5S. The zero-order chi connectivity index (χ0) is 20.5. The van der Waals surface area contributed by atoms with Gasteiger partial charge < -0.3 is 20.1 Å². The predicted octanol–water partition coefficient (Wildman–Crippen LogP) is 1.76. The molecular weight excluding hydrogens is 384 g/mol. The van der Waals surface area contributed by atoms with Gasteiger partial charge in [0, 0.05) is 18.8 Å². The largest absolute Gasteiger partial charge is 0.465 e. The van der Waals surface area contributed by atoms with Crippen molar-refractivity contribution in [1.29, 1.82) is 0 Å². The molecule has 1 saturated heterocycles. The minimum Gasteiger partial charge on any atom is -0.465 e. The maximum absolute atomic E-state index is 12.7. The molecule has 28 heavy (non-hydrogen) atoms. The van der Waals surface area contributed by atoms with Crippen molar-refractivity contribution in [3.05, 3.63) is 29.8 Å². The molecule has 1 fully saturated rings. The fraction of sp³-hybridized carbons (Fsp3) is 0.444. The van der Waals surface area contributed by atoms with Crippen LogP contribution >= 0.6 is 12.2 Å². The SMILES string of the molecule is CCOC(=O)CNC(=S)N1CCCN1C(=O)Nc1cccc(C(=O)OCC)c1. The molecule has 1 heterocycles. The first-order valence-corrected chi connectivity index (χ1v) is 9.43. The molecule has 1 aliphatic heterocycles. The first-order valence-electron chi connectivity index (χ1n) is 9.02. The van der Waals surface area contributed by atoms with E-state index in [0.717, 1.165) is 6.42 Å². The fourth-order valence-electron chi connectivity index (χ4n) is 2.61. The number of carbonyl (C=O) groups excluding carboxylic acids is 3. The van der Waals surface area contributed by atoms with Crippen LogP contribution in [0.1, 0.15) is 30.6 Å². The van der Waals surface area contributed by atoms with Gasteiger partial charge in [-0.15, -0.1) is 0 Å². The number of amides is 2. The Hall–Kier alpha value is -2.88. The van der Waals surface area contributed by atoms with Gasteiger partial charge in [-0.2, -0.15) is 0 Å². The molecule has 1 aliphatic rings. The molecule has 0 aromatic heterocycles. The van der Waals surface area contributed by atoms with Gasteiger partial charge in [-0.05, 0) is 50.7 Å². The van der Waals surface area contributed by atoms with Crippen molar-refractivity contribution in [2.24, 2.45) is 0 Å². The zero-order valence-electron chi connectivity index (χ0n) is 15.9. The fourth-order valence-corrected chi connectivity index (χ4v) is 2.87. The molecule has 9 nitrogen and oxygen atoms in total. The Morgan fingerprint density at radius 3 is 2.54 bits per heavy atom. The molecule has 2 amide bonds. The summed E-state index contributed by atoms with van der Waals surface area (Å²) in [6.45, 7) is 4.96. The number of ether oxygens (including phenoxy) is 2. The Balaban J connectivity index is 1.97. The van der Waals surface area contributed by atoms with E-state index in [4.69, 9.17) is 21.7 Å². The van der Waals surface area contributed by atoms with Crippen molar-refractivity contribution < 1.29 is 23.9 Å². The van der Waals surface area contributed by atoms with Crippen molar-refractivity contribution in [2.75, 3.05) is 38.2 Å². The second kappa shape index (κ2) is 10.5. The van der Waals surface area contributed by atoms with E-state index in [0.29, 0.717) is 24.3 Å². The van der Waals surface area contributed by atoms with Crippen LogP contribution in [0.25, 0.3) is 0 Å². The Morgan fingerprint density at radius 2 is 1.82 bits per heavy atom. The molecule has 1 aromatic rings. The third kappa shape index (κ3) is 5.81. The third-order valence-corrected chi connectivity index (χ3v) is 4.17. The van der Waals surface area contributed by atoms with Crippen LogP contribution in [0.2, 0.25) is 0 Å². The molecule has 0 spiro atoms. The molecule has 10 heteroatoms. The number of hydrogen-bond acceptors (Lipinski definition) is 6. The number of nitrogens with zero attached hydrogens (tertiary/aromatic N) is 2. The minimum atomic E-state index is -0.453. The normalized spacial score (nSPS) is 13.1. The average Bonchev–Trinajstić information content (AvgIpc) is 3.17. The highest BCUT2D eigenvalue weighted by Crippen LogP contribution is 2.16. The number of esters is 2. The van der Waals surface area contributed by atoms with E-state index in [1.165, 1.54) is 5.01 Å². The van der Waals surface area contributed by atoms with Gasteiger partial charge in [0.15, 0.2) is 5.11 Å². The lowest BCUT2D eigenvalue weighted by atomic mass is 10.2. The topological polar surface area (TPSA) is 100 Å². The van der Waals surface area contributed by atoms with E-state index in [1.54, 1.807) is 43.1 Å². The summed E-state index contributed by atoms with van der Waals surface area (Å²) in [5.74, 6) is -0.874. The standard InChI is InChI=1S/C18H24N4O5S/c1-3-26-15(23)12-19-18(28)22-10-6-9-21(22)17(25)20-14-8-5-7-13(11-14)16(24)27-4-2/h5,7-8,11H,3-4,6,9-10,12H2,1-2H3,(H,19,28)(H,20,25). The summed E-state index contributed by atoms with van der Waals surface area (Å²) in [5, 5.41) is 8.86. The summed E-state index contributed by atoms with van der Waals surface area (Å²) in [7, 11) is 0.